The van der Waals surface area contributed by atoms with Crippen LogP contribution in [0.2, 0.25) is 0 Å². The third-order valence-electron chi connectivity index (χ3n) is 4.49. The van der Waals surface area contributed by atoms with E-state index in [1.165, 1.54) is 11.1 Å². The minimum absolute atomic E-state index is 0.185. The molecule has 0 atom stereocenters. The largest absolute Gasteiger partial charge is 0.383 e. The summed E-state index contributed by atoms with van der Waals surface area (Å²) >= 11 is 0. The van der Waals surface area contributed by atoms with Crippen molar-refractivity contribution in [1.82, 2.24) is 19.7 Å². The lowest BCUT2D eigenvalue weighted by atomic mass is 9.91. The molecule has 0 radical (unpaired) electrons. The highest BCUT2D eigenvalue weighted by Gasteiger charge is 2.15. The first-order valence-corrected chi connectivity index (χ1v) is 8.51. The number of nitrogens with one attached hydrogen (secondary N) is 1. The van der Waals surface area contributed by atoms with E-state index < -0.39 is 0 Å². The molecule has 26 heavy (non-hydrogen) atoms. The number of anilines is 2. The van der Waals surface area contributed by atoms with Crippen molar-refractivity contribution in [3.8, 4) is 0 Å². The summed E-state index contributed by atoms with van der Waals surface area (Å²) in [5, 5.41) is 8.31. The number of hydrogen-bond acceptors (Lipinski definition) is 5. The maximum atomic E-state index is 6.05. The molecule has 0 aliphatic heterocycles. The predicted molar refractivity (Wildman–Crippen MR) is 104 cm³/mol. The number of nitrogens with zero attached hydrogens (tertiary/aromatic N) is 4. The average molecular weight is 344 g/mol. The van der Waals surface area contributed by atoms with E-state index >= 15 is 0 Å². The second-order valence-corrected chi connectivity index (χ2v) is 6.19. The summed E-state index contributed by atoms with van der Waals surface area (Å²) in [6.45, 7) is 0.664. The fourth-order valence-corrected chi connectivity index (χ4v) is 3.12. The Labute approximate surface area is 151 Å². The van der Waals surface area contributed by atoms with E-state index in [2.05, 4.69) is 68.9 Å². The number of hydrogen-bond donors (Lipinski definition) is 2. The summed E-state index contributed by atoms with van der Waals surface area (Å²) in [5.74, 6) is 1.13. The van der Waals surface area contributed by atoms with Gasteiger partial charge < -0.3 is 11.1 Å². The lowest BCUT2D eigenvalue weighted by Crippen LogP contribution is -2.16. The normalized spacial score (nSPS) is 11.2. The topological polar surface area (TPSA) is 81.7 Å². The summed E-state index contributed by atoms with van der Waals surface area (Å²) in [4.78, 5) is 8.93. The molecule has 0 fully saturated rings. The van der Waals surface area contributed by atoms with Crippen molar-refractivity contribution < 1.29 is 0 Å². The van der Waals surface area contributed by atoms with Gasteiger partial charge in [-0.3, -0.25) is 4.68 Å². The Morgan fingerprint density at radius 1 is 0.962 bits per heavy atom. The van der Waals surface area contributed by atoms with Gasteiger partial charge in [0, 0.05) is 19.5 Å². The van der Waals surface area contributed by atoms with E-state index in [4.69, 9.17) is 5.73 Å². The van der Waals surface area contributed by atoms with Gasteiger partial charge in [-0.2, -0.15) is 15.1 Å². The zero-order valence-electron chi connectivity index (χ0n) is 14.5. The summed E-state index contributed by atoms with van der Waals surface area (Å²) in [7, 11) is 1.84. The number of benzene rings is 2. The molecule has 0 aliphatic rings. The Balaban J connectivity index is 1.64. The highest BCUT2D eigenvalue weighted by Crippen LogP contribution is 2.25. The van der Waals surface area contributed by atoms with Crippen LogP contribution in [0.25, 0.3) is 11.0 Å². The van der Waals surface area contributed by atoms with Crippen molar-refractivity contribution in [1.29, 1.82) is 0 Å². The standard InChI is InChI=1S/C20H20N6/c1-26-19-17(13-23-26)18(21)24-20(25-19)22-12-16(14-8-4-2-5-9-14)15-10-6-3-7-11-15/h2-11,13,16H,12H2,1H3,(H3,21,22,24,25). The molecule has 4 aromatic rings. The Bertz CT molecular complexity index is 971. The first-order chi connectivity index (χ1) is 12.7. The molecule has 0 spiro atoms. The molecule has 2 heterocycles. The molecule has 0 bridgehead atoms. The number of aromatic nitrogens is 4. The molecule has 2 aromatic carbocycles. The van der Waals surface area contributed by atoms with E-state index in [-0.39, 0.29) is 5.92 Å². The van der Waals surface area contributed by atoms with Crippen LogP contribution in [0.15, 0.2) is 66.9 Å². The molecule has 2 aromatic heterocycles. The third-order valence-corrected chi connectivity index (χ3v) is 4.49. The van der Waals surface area contributed by atoms with Gasteiger partial charge in [0.2, 0.25) is 5.95 Å². The Morgan fingerprint density at radius 2 is 1.58 bits per heavy atom. The van der Waals surface area contributed by atoms with Crippen LogP contribution >= 0.6 is 0 Å². The van der Waals surface area contributed by atoms with E-state index in [1.807, 2.05) is 19.2 Å². The Morgan fingerprint density at radius 3 is 2.19 bits per heavy atom. The van der Waals surface area contributed by atoms with Crippen molar-refractivity contribution >= 4 is 22.8 Å². The zero-order valence-corrected chi connectivity index (χ0v) is 14.5. The van der Waals surface area contributed by atoms with Crippen LogP contribution in [0.1, 0.15) is 17.0 Å². The van der Waals surface area contributed by atoms with Crippen molar-refractivity contribution in [2.45, 2.75) is 5.92 Å². The van der Waals surface area contributed by atoms with Gasteiger partial charge in [0.15, 0.2) is 5.65 Å². The van der Waals surface area contributed by atoms with Crippen molar-refractivity contribution in [2.75, 3.05) is 17.6 Å². The molecule has 0 amide bonds. The number of nitrogens with two attached hydrogens (primary N) is 1. The molecule has 3 N–H and O–H groups in total. The monoisotopic (exact) mass is 344 g/mol. The molecule has 130 valence electrons. The fourth-order valence-electron chi connectivity index (χ4n) is 3.12. The van der Waals surface area contributed by atoms with E-state index in [0.717, 1.165) is 11.0 Å². The lowest BCUT2D eigenvalue weighted by molar-refractivity contribution is 0.784. The number of nitrogen functional groups attached to an aromatic ring is 1. The van der Waals surface area contributed by atoms with Gasteiger partial charge in [-0.1, -0.05) is 60.7 Å². The maximum Gasteiger partial charge on any atom is 0.226 e. The van der Waals surface area contributed by atoms with Crippen molar-refractivity contribution in [2.24, 2.45) is 7.05 Å². The van der Waals surface area contributed by atoms with Gasteiger partial charge in [-0.05, 0) is 11.1 Å². The minimum Gasteiger partial charge on any atom is -0.383 e. The molecular weight excluding hydrogens is 324 g/mol. The van der Waals surface area contributed by atoms with E-state index in [1.54, 1.807) is 10.9 Å². The second-order valence-electron chi connectivity index (χ2n) is 6.19. The minimum atomic E-state index is 0.185. The first kappa shape index (κ1) is 16.1. The van der Waals surface area contributed by atoms with Gasteiger partial charge in [0.25, 0.3) is 0 Å². The number of aryl methyl sites for hydroxylation is 1. The van der Waals surface area contributed by atoms with Crippen LogP contribution in [-0.2, 0) is 7.05 Å². The lowest BCUT2D eigenvalue weighted by Gasteiger charge is -2.19. The molecule has 0 saturated heterocycles. The van der Waals surface area contributed by atoms with E-state index in [9.17, 15) is 0 Å². The van der Waals surface area contributed by atoms with Gasteiger partial charge in [0.05, 0.1) is 11.6 Å². The molecule has 0 saturated carbocycles. The van der Waals surface area contributed by atoms with Crippen LogP contribution in [0.4, 0.5) is 11.8 Å². The summed E-state index contributed by atoms with van der Waals surface area (Å²) in [6, 6.07) is 20.8. The number of rotatable bonds is 5. The van der Waals surface area contributed by atoms with Gasteiger partial charge >= 0.3 is 0 Å². The van der Waals surface area contributed by atoms with Crippen LogP contribution < -0.4 is 11.1 Å². The van der Waals surface area contributed by atoms with Crippen molar-refractivity contribution in [3.63, 3.8) is 0 Å². The predicted octanol–water partition coefficient (Wildman–Crippen LogP) is 3.19. The first-order valence-electron chi connectivity index (χ1n) is 8.51. The maximum absolute atomic E-state index is 6.05. The summed E-state index contributed by atoms with van der Waals surface area (Å²) in [5.41, 5.74) is 9.25. The molecule has 6 heteroatoms. The third kappa shape index (κ3) is 3.09. The molecular formula is C20H20N6. The number of fused-ring (bicyclic) bond motifs is 1. The van der Waals surface area contributed by atoms with Crippen LogP contribution in [0.3, 0.4) is 0 Å². The molecule has 0 unspecified atom stereocenters. The molecule has 4 rings (SSSR count). The summed E-state index contributed by atoms with van der Waals surface area (Å²) < 4.78 is 1.70. The fraction of sp³-hybridized carbons (Fsp3) is 0.150. The van der Waals surface area contributed by atoms with Crippen LogP contribution in [0, 0.1) is 0 Å². The smallest absolute Gasteiger partial charge is 0.226 e. The second kappa shape index (κ2) is 6.84. The zero-order chi connectivity index (χ0) is 17.9. The SMILES string of the molecule is Cn1ncc2c(N)nc(NCC(c3ccccc3)c3ccccc3)nc21. The highest BCUT2D eigenvalue weighted by atomic mass is 15.3. The summed E-state index contributed by atoms with van der Waals surface area (Å²) in [6.07, 6.45) is 1.69. The quantitative estimate of drug-likeness (QED) is 0.581. The van der Waals surface area contributed by atoms with Crippen LogP contribution in [0.5, 0.6) is 0 Å². The van der Waals surface area contributed by atoms with Gasteiger partial charge in [-0.25, -0.2) is 0 Å². The Kier molecular flexibility index (Phi) is 4.23. The Hall–Kier alpha value is -3.41. The van der Waals surface area contributed by atoms with Gasteiger partial charge in [-0.15, -0.1) is 0 Å². The van der Waals surface area contributed by atoms with Crippen LogP contribution in [-0.4, -0.2) is 26.3 Å². The van der Waals surface area contributed by atoms with Crippen molar-refractivity contribution in [3.05, 3.63) is 78.0 Å². The highest BCUT2D eigenvalue weighted by molar-refractivity contribution is 5.86. The van der Waals surface area contributed by atoms with Gasteiger partial charge in [0.1, 0.15) is 5.82 Å². The average Bonchev–Trinajstić information content (AvgIpc) is 3.05. The molecule has 0 aliphatic carbocycles. The van der Waals surface area contributed by atoms with E-state index in [0.29, 0.717) is 18.3 Å². The molecule has 6 nitrogen and oxygen atoms in total.